The lowest BCUT2D eigenvalue weighted by atomic mass is 10.0. The summed E-state index contributed by atoms with van der Waals surface area (Å²) in [5, 5.41) is 0. The van der Waals surface area contributed by atoms with Crippen molar-refractivity contribution in [1.29, 1.82) is 0 Å². The van der Waals surface area contributed by atoms with Crippen LogP contribution >= 0.6 is 22.6 Å². The highest BCUT2D eigenvalue weighted by Gasteiger charge is 2.07. The zero-order chi connectivity index (χ0) is 16.5. The first kappa shape index (κ1) is 22.2. The summed E-state index contributed by atoms with van der Waals surface area (Å²) in [7, 11) is 0. The van der Waals surface area contributed by atoms with E-state index in [1.165, 1.54) is 77.0 Å². The van der Waals surface area contributed by atoms with Crippen LogP contribution in [-0.2, 0) is 9.53 Å². The summed E-state index contributed by atoms with van der Waals surface area (Å²) in [5.74, 6) is -0.0238. The second-order valence-electron chi connectivity index (χ2n) is 6.30. The van der Waals surface area contributed by atoms with Gasteiger partial charge in [0.2, 0.25) is 0 Å². The normalized spacial score (nSPS) is 12.3. The van der Waals surface area contributed by atoms with E-state index in [0.717, 1.165) is 12.8 Å². The molecule has 0 N–H and O–H groups in total. The Morgan fingerprint density at radius 3 is 1.59 bits per heavy atom. The highest BCUT2D eigenvalue weighted by molar-refractivity contribution is 14.1. The Morgan fingerprint density at radius 1 is 0.773 bits per heavy atom. The van der Waals surface area contributed by atoms with Crippen LogP contribution in [0.5, 0.6) is 0 Å². The zero-order valence-corrected chi connectivity index (χ0v) is 17.0. The number of halogens is 1. The molecule has 2 nitrogen and oxygen atoms in total. The lowest BCUT2D eigenvalue weighted by Crippen LogP contribution is -2.10. The van der Waals surface area contributed by atoms with Gasteiger partial charge in [0.05, 0.1) is 0 Å². The molecule has 1 unspecified atom stereocenters. The first-order chi connectivity index (χ1) is 10.7. The molecule has 0 amide bonds. The van der Waals surface area contributed by atoms with Crippen LogP contribution in [0.3, 0.4) is 0 Å². The van der Waals surface area contributed by atoms with Gasteiger partial charge in [0.25, 0.3) is 0 Å². The molecule has 0 aliphatic heterocycles. The monoisotopic (exact) mass is 424 g/mol. The number of esters is 1. The predicted octanol–water partition coefficient (Wildman–Crippen LogP) is 7.18. The molecule has 132 valence electrons. The number of ether oxygens (including phenoxy) is 1. The van der Waals surface area contributed by atoms with Crippen LogP contribution < -0.4 is 0 Å². The summed E-state index contributed by atoms with van der Waals surface area (Å²) in [4.78, 5) is 11.5. The number of hydrogen-bond acceptors (Lipinski definition) is 2. The third-order valence-corrected chi connectivity index (χ3v) is 5.20. The van der Waals surface area contributed by atoms with Gasteiger partial charge in [-0.3, -0.25) is 4.79 Å². The van der Waals surface area contributed by atoms with E-state index in [0.29, 0.717) is 6.42 Å². The maximum Gasteiger partial charge on any atom is 0.306 e. The standard InChI is InChI=1S/C19H37IO2/c1-3-5-6-7-8-9-10-11-12-13-14-15-16-17-19(21)22-18(20)4-2/h18H,3-17H2,1-2H3. The van der Waals surface area contributed by atoms with Crippen molar-refractivity contribution in [2.45, 2.75) is 114 Å². The van der Waals surface area contributed by atoms with Crippen molar-refractivity contribution in [3.05, 3.63) is 0 Å². The molecule has 0 aliphatic rings. The van der Waals surface area contributed by atoms with Gasteiger partial charge in [0, 0.05) is 6.42 Å². The Labute approximate surface area is 152 Å². The van der Waals surface area contributed by atoms with E-state index in [9.17, 15) is 4.79 Å². The fraction of sp³-hybridized carbons (Fsp3) is 0.947. The van der Waals surface area contributed by atoms with Gasteiger partial charge in [-0.1, -0.05) is 90.9 Å². The molecule has 22 heavy (non-hydrogen) atoms. The van der Waals surface area contributed by atoms with Gasteiger partial charge < -0.3 is 4.74 Å². The van der Waals surface area contributed by atoms with Crippen molar-refractivity contribution in [3.63, 3.8) is 0 Å². The SMILES string of the molecule is CCCCCCCCCCCCCCCC(=O)OC(I)CC. The molecule has 0 aliphatic carbocycles. The summed E-state index contributed by atoms with van der Waals surface area (Å²) in [6.45, 7) is 4.31. The molecule has 1 atom stereocenters. The smallest absolute Gasteiger partial charge is 0.306 e. The van der Waals surface area contributed by atoms with Crippen LogP contribution in [0.1, 0.15) is 110 Å². The molecule has 3 heteroatoms. The third kappa shape index (κ3) is 16.6. The molecular formula is C19H37IO2. The number of carbonyl (C=O) groups is 1. The van der Waals surface area contributed by atoms with E-state index in [1.54, 1.807) is 0 Å². The predicted molar refractivity (Wildman–Crippen MR) is 105 cm³/mol. The van der Waals surface area contributed by atoms with Crippen molar-refractivity contribution < 1.29 is 9.53 Å². The van der Waals surface area contributed by atoms with Crippen molar-refractivity contribution >= 4 is 28.6 Å². The minimum atomic E-state index is -0.0238. The molecule has 0 aromatic rings. The number of hydrogen-bond donors (Lipinski definition) is 0. The minimum absolute atomic E-state index is 0.0238. The summed E-state index contributed by atoms with van der Waals surface area (Å²) in [6, 6.07) is 0. The first-order valence-corrected chi connectivity index (χ1v) is 10.8. The summed E-state index contributed by atoms with van der Waals surface area (Å²) in [5.41, 5.74) is 0. The quantitative estimate of drug-likeness (QED) is 0.114. The fourth-order valence-electron chi connectivity index (χ4n) is 2.57. The maximum atomic E-state index is 11.5. The first-order valence-electron chi connectivity index (χ1n) is 9.54. The Balaban J connectivity index is 3.12. The van der Waals surface area contributed by atoms with Gasteiger partial charge in [0.1, 0.15) is 0 Å². The molecule has 0 rings (SSSR count). The lowest BCUT2D eigenvalue weighted by molar-refractivity contribution is -0.144. The van der Waals surface area contributed by atoms with Crippen LogP contribution in [0.4, 0.5) is 0 Å². The average molecular weight is 424 g/mol. The molecular weight excluding hydrogens is 387 g/mol. The molecule has 0 aromatic carbocycles. The topological polar surface area (TPSA) is 26.3 Å². The van der Waals surface area contributed by atoms with Gasteiger partial charge in [-0.25, -0.2) is 0 Å². The van der Waals surface area contributed by atoms with E-state index < -0.39 is 0 Å². The molecule has 0 saturated heterocycles. The third-order valence-electron chi connectivity index (χ3n) is 4.06. The van der Waals surface area contributed by atoms with Gasteiger partial charge in [0.15, 0.2) is 4.11 Å². The van der Waals surface area contributed by atoms with Gasteiger partial charge in [-0.05, 0) is 35.4 Å². The van der Waals surface area contributed by atoms with Crippen molar-refractivity contribution in [1.82, 2.24) is 0 Å². The van der Waals surface area contributed by atoms with E-state index in [-0.39, 0.29) is 10.1 Å². The number of alkyl halides is 1. The number of unbranched alkanes of at least 4 members (excludes halogenated alkanes) is 12. The van der Waals surface area contributed by atoms with Gasteiger partial charge in [-0.2, -0.15) is 0 Å². The van der Waals surface area contributed by atoms with Crippen LogP contribution in [0, 0.1) is 0 Å². The summed E-state index contributed by atoms with van der Waals surface area (Å²) < 4.78 is 5.30. The Kier molecular flexibility index (Phi) is 17.7. The van der Waals surface area contributed by atoms with E-state index in [1.807, 2.05) is 6.92 Å². The second kappa shape index (κ2) is 17.6. The van der Waals surface area contributed by atoms with Crippen LogP contribution in [0.2, 0.25) is 0 Å². The Bertz CT molecular complexity index is 244. The molecule has 0 bridgehead atoms. The highest BCUT2D eigenvalue weighted by atomic mass is 127. The van der Waals surface area contributed by atoms with Crippen molar-refractivity contribution in [2.75, 3.05) is 0 Å². The summed E-state index contributed by atoms with van der Waals surface area (Å²) >= 11 is 2.18. The fourth-order valence-corrected chi connectivity index (χ4v) is 2.86. The largest absolute Gasteiger partial charge is 0.452 e. The lowest BCUT2D eigenvalue weighted by Gasteiger charge is -2.08. The van der Waals surface area contributed by atoms with E-state index in [2.05, 4.69) is 29.5 Å². The average Bonchev–Trinajstić information content (AvgIpc) is 2.51. The van der Waals surface area contributed by atoms with Crippen LogP contribution in [0.15, 0.2) is 0 Å². The Hall–Kier alpha value is 0.200. The minimum Gasteiger partial charge on any atom is -0.452 e. The van der Waals surface area contributed by atoms with Gasteiger partial charge in [-0.15, -0.1) is 0 Å². The van der Waals surface area contributed by atoms with Crippen LogP contribution in [-0.4, -0.2) is 10.1 Å². The number of rotatable bonds is 16. The van der Waals surface area contributed by atoms with Gasteiger partial charge >= 0.3 is 5.97 Å². The summed E-state index contributed by atoms with van der Waals surface area (Å²) in [6.07, 6.45) is 18.9. The zero-order valence-electron chi connectivity index (χ0n) is 14.9. The molecule has 0 spiro atoms. The van der Waals surface area contributed by atoms with Crippen LogP contribution in [0.25, 0.3) is 0 Å². The van der Waals surface area contributed by atoms with Crippen molar-refractivity contribution in [2.24, 2.45) is 0 Å². The highest BCUT2D eigenvalue weighted by Crippen LogP contribution is 2.14. The molecule has 0 fully saturated rings. The molecule has 0 heterocycles. The molecule has 0 saturated carbocycles. The second-order valence-corrected chi connectivity index (χ2v) is 7.69. The van der Waals surface area contributed by atoms with E-state index >= 15 is 0 Å². The Morgan fingerprint density at radius 2 is 1.18 bits per heavy atom. The van der Waals surface area contributed by atoms with E-state index in [4.69, 9.17) is 4.74 Å². The maximum absolute atomic E-state index is 11.5. The van der Waals surface area contributed by atoms with Crippen molar-refractivity contribution in [3.8, 4) is 0 Å². The molecule has 0 radical (unpaired) electrons. The number of carbonyl (C=O) groups excluding carboxylic acids is 1. The molecule has 0 aromatic heterocycles.